The highest BCUT2D eigenvalue weighted by molar-refractivity contribution is 5.67. The van der Waals surface area contributed by atoms with E-state index >= 15 is 0 Å². The lowest BCUT2D eigenvalue weighted by Gasteiger charge is -2.13. The topological polar surface area (TPSA) is 26.0 Å². The van der Waals surface area contributed by atoms with E-state index in [4.69, 9.17) is 5.73 Å². The molecule has 0 amide bonds. The Hall–Kier alpha value is -1.81. The minimum absolute atomic E-state index is 0.00518. The van der Waals surface area contributed by atoms with Gasteiger partial charge in [0.1, 0.15) is 0 Å². The van der Waals surface area contributed by atoms with Crippen molar-refractivity contribution in [2.45, 2.75) is 25.6 Å². The summed E-state index contributed by atoms with van der Waals surface area (Å²) in [5, 5.41) is 0. The first-order valence-corrected chi connectivity index (χ1v) is 6.39. The van der Waals surface area contributed by atoms with E-state index in [9.17, 15) is 13.2 Å². The Bertz CT molecular complexity index is 571. The van der Waals surface area contributed by atoms with Crippen molar-refractivity contribution in [1.82, 2.24) is 0 Å². The number of nitrogens with two attached hydrogens (primary N) is 1. The summed E-state index contributed by atoms with van der Waals surface area (Å²) in [4.78, 5) is 0. The number of benzene rings is 2. The van der Waals surface area contributed by atoms with Gasteiger partial charge in [-0.05, 0) is 42.2 Å². The molecule has 0 unspecified atom stereocenters. The molecule has 106 valence electrons. The fourth-order valence-corrected chi connectivity index (χ4v) is 2.17. The third-order valence-electron chi connectivity index (χ3n) is 3.08. The number of rotatable bonds is 3. The lowest BCUT2D eigenvalue weighted by atomic mass is 9.95. The summed E-state index contributed by atoms with van der Waals surface area (Å²) in [7, 11) is 0. The van der Waals surface area contributed by atoms with E-state index in [1.165, 1.54) is 12.1 Å². The quantitative estimate of drug-likeness (QED) is 0.892. The normalized spacial score (nSPS) is 13.2. The number of halogens is 3. The van der Waals surface area contributed by atoms with Gasteiger partial charge in [-0.25, -0.2) is 0 Å². The van der Waals surface area contributed by atoms with Crippen LogP contribution >= 0.6 is 0 Å². The molecular formula is C16H16F3N. The molecule has 1 atom stereocenters. The van der Waals surface area contributed by atoms with Gasteiger partial charge in [0.2, 0.25) is 0 Å². The van der Waals surface area contributed by atoms with E-state index in [1.54, 1.807) is 0 Å². The summed E-state index contributed by atoms with van der Waals surface area (Å²) in [5.41, 5.74) is 7.92. The van der Waals surface area contributed by atoms with Crippen LogP contribution in [0.4, 0.5) is 13.2 Å². The Labute approximate surface area is 116 Å². The molecule has 0 fully saturated rings. The largest absolute Gasteiger partial charge is 0.416 e. The Morgan fingerprint density at radius 3 is 2.15 bits per heavy atom. The minimum atomic E-state index is -4.30. The molecule has 0 aliphatic rings. The second-order valence-corrected chi connectivity index (χ2v) is 4.91. The summed E-state index contributed by atoms with van der Waals surface area (Å²) in [5.74, 6) is 0. The number of hydrogen-bond acceptors (Lipinski definition) is 1. The molecule has 20 heavy (non-hydrogen) atoms. The number of alkyl halides is 3. The molecule has 0 aromatic heterocycles. The summed E-state index contributed by atoms with van der Waals surface area (Å²) >= 11 is 0. The Morgan fingerprint density at radius 1 is 1.00 bits per heavy atom. The molecular weight excluding hydrogens is 263 g/mol. The first-order chi connectivity index (χ1) is 9.38. The second-order valence-electron chi connectivity index (χ2n) is 4.91. The van der Waals surface area contributed by atoms with Crippen LogP contribution in [0, 0.1) is 0 Å². The molecule has 0 saturated heterocycles. The highest BCUT2D eigenvalue weighted by Gasteiger charge is 2.30. The van der Waals surface area contributed by atoms with Crippen LogP contribution in [0.25, 0.3) is 11.1 Å². The average Bonchev–Trinajstić information content (AvgIpc) is 2.38. The second kappa shape index (κ2) is 5.67. The fourth-order valence-electron chi connectivity index (χ4n) is 2.17. The highest BCUT2D eigenvalue weighted by Crippen LogP contribution is 2.32. The van der Waals surface area contributed by atoms with Gasteiger partial charge in [0, 0.05) is 6.04 Å². The zero-order valence-corrected chi connectivity index (χ0v) is 11.1. The van der Waals surface area contributed by atoms with Crippen LogP contribution in [-0.4, -0.2) is 6.04 Å². The number of hydrogen-bond donors (Lipinski definition) is 1. The molecule has 2 rings (SSSR count). The first kappa shape index (κ1) is 14.6. The van der Waals surface area contributed by atoms with E-state index in [1.807, 2.05) is 31.2 Å². The van der Waals surface area contributed by atoms with Gasteiger partial charge < -0.3 is 5.73 Å². The van der Waals surface area contributed by atoms with E-state index in [-0.39, 0.29) is 6.04 Å². The molecule has 0 radical (unpaired) electrons. The van der Waals surface area contributed by atoms with Crippen LogP contribution < -0.4 is 5.73 Å². The standard InChI is InChI=1S/C16H16F3N/c1-11(20)10-13-4-2-3-5-15(13)12-6-8-14(9-7-12)16(17,18)19/h2-9,11H,10,20H2,1H3/t11-/m0/s1. The smallest absolute Gasteiger partial charge is 0.328 e. The third kappa shape index (κ3) is 3.39. The maximum Gasteiger partial charge on any atom is 0.416 e. The molecule has 0 aliphatic carbocycles. The molecule has 2 aromatic carbocycles. The molecule has 0 saturated carbocycles. The predicted octanol–water partition coefficient (Wildman–Crippen LogP) is 4.26. The zero-order chi connectivity index (χ0) is 14.8. The third-order valence-corrected chi connectivity index (χ3v) is 3.08. The lowest BCUT2D eigenvalue weighted by molar-refractivity contribution is -0.137. The van der Waals surface area contributed by atoms with Crippen molar-refractivity contribution in [3.8, 4) is 11.1 Å². The van der Waals surface area contributed by atoms with Gasteiger partial charge in [0.15, 0.2) is 0 Å². The molecule has 2 aromatic rings. The van der Waals surface area contributed by atoms with Crippen molar-refractivity contribution in [2.75, 3.05) is 0 Å². The minimum Gasteiger partial charge on any atom is -0.328 e. The predicted molar refractivity (Wildman–Crippen MR) is 74.2 cm³/mol. The maximum atomic E-state index is 12.6. The van der Waals surface area contributed by atoms with E-state index in [0.717, 1.165) is 28.8 Å². The average molecular weight is 279 g/mol. The van der Waals surface area contributed by atoms with Crippen LogP contribution in [-0.2, 0) is 12.6 Å². The summed E-state index contributed by atoms with van der Waals surface area (Å²) in [6, 6.07) is 12.9. The van der Waals surface area contributed by atoms with Gasteiger partial charge in [-0.15, -0.1) is 0 Å². The maximum absolute atomic E-state index is 12.6. The van der Waals surface area contributed by atoms with Gasteiger partial charge >= 0.3 is 6.18 Å². The summed E-state index contributed by atoms with van der Waals surface area (Å²) in [6.07, 6.45) is -3.61. The zero-order valence-electron chi connectivity index (χ0n) is 11.1. The van der Waals surface area contributed by atoms with Gasteiger partial charge in [0.05, 0.1) is 5.56 Å². The Morgan fingerprint density at radius 2 is 1.60 bits per heavy atom. The monoisotopic (exact) mass is 279 g/mol. The summed E-state index contributed by atoms with van der Waals surface area (Å²) < 4.78 is 37.7. The van der Waals surface area contributed by atoms with Gasteiger partial charge in [-0.2, -0.15) is 13.2 Å². The van der Waals surface area contributed by atoms with Gasteiger partial charge in [0.25, 0.3) is 0 Å². The van der Waals surface area contributed by atoms with E-state index in [2.05, 4.69) is 0 Å². The SMILES string of the molecule is C[C@H](N)Cc1ccccc1-c1ccc(C(F)(F)F)cc1. The van der Waals surface area contributed by atoms with Crippen molar-refractivity contribution in [2.24, 2.45) is 5.73 Å². The Kier molecular flexibility index (Phi) is 4.14. The Balaban J connectivity index is 2.37. The van der Waals surface area contributed by atoms with Crippen molar-refractivity contribution >= 4 is 0 Å². The highest BCUT2D eigenvalue weighted by atomic mass is 19.4. The van der Waals surface area contributed by atoms with Crippen molar-refractivity contribution < 1.29 is 13.2 Å². The van der Waals surface area contributed by atoms with Crippen LogP contribution in [0.1, 0.15) is 18.1 Å². The lowest BCUT2D eigenvalue weighted by Crippen LogP contribution is -2.18. The van der Waals surface area contributed by atoms with Crippen LogP contribution in [0.15, 0.2) is 48.5 Å². The van der Waals surface area contributed by atoms with Crippen molar-refractivity contribution in [3.63, 3.8) is 0 Å². The molecule has 1 nitrogen and oxygen atoms in total. The molecule has 0 heterocycles. The first-order valence-electron chi connectivity index (χ1n) is 6.39. The molecule has 0 aliphatic heterocycles. The van der Waals surface area contributed by atoms with Crippen LogP contribution in [0.3, 0.4) is 0 Å². The van der Waals surface area contributed by atoms with E-state index < -0.39 is 11.7 Å². The molecule has 2 N–H and O–H groups in total. The van der Waals surface area contributed by atoms with E-state index in [0.29, 0.717) is 6.42 Å². The van der Waals surface area contributed by atoms with Gasteiger partial charge in [-0.3, -0.25) is 0 Å². The van der Waals surface area contributed by atoms with Crippen LogP contribution in [0.2, 0.25) is 0 Å². The molecule has 4 heteroatoms. The molecule has 0 bridgehead atoms. The summed E-state index contributed by atoms with van der Waals surface area (Å²) in [6.45, 7) is 1.91. The molecule has 0 spiro atoms. The van der Waals surface area contributed by atoms with Gasteiger partial charge in [-0.1, -0.05) is 36.4 Å². The van der Waals surface area contributed by atoms with Crippen molar-refractivity contribution in [1.29, 1.82) is 0 Å². The fraction of sp³-hybridized carbons (Fsp3) is 0.250. The van der Waals surface area contributed by atoms with Crippen molar-refractivity contribution in [3.05, 3.63) is 59.7 Å². The van der Waals surface area contributed by atoms with Crippen LogP contribution in [0.5, 0.6) is 0 Å².